The Morgan fingerprint density at radius 3 is 2.53 bits per heavy atom. The summed E-state index contributed by atoms with van der Waals surface area (Å²) < 4.78 is 5.42. The van der Waals surface area contributed by atoms with Crippen molar-refractivity contribution >= 4 is 0 Å². The monoisotopic (exact) mass is 260 g/mol. The summed E-state index contributed by atoms with van der Waals surface area (Å²) in [6.45, 7) is 4.30. The third-order valence-electron chi connectivity index (χ3n) is 4.52. The first kappa shape index (κ1) is 14.6. The van der Waals surface area contributed by atoms with Crippen LogP contribution in [0.25, 0.3) is 0 Å². The van der Waals surface area contributed by atoms with Crippen LogP contribution in [0.15, 0.2) is 30.3 Å². The molecule has 19 heavy (non-hydrogen) atoms. The van der Waals surface area contributed by atoms with Gasteiger partial charge in [-0.15, -0.1) is 0 Å². The van der Waals surface area contributed by atoms with Crippen molar-refractivity contribution in [3.63, 3.8) is 0 Å². The molecule has 0 N–H and O–H groups in total. The third kappa shape index (κ3) is 4.99. The summed E-state index contributed by atoms with van der Waals surface area (Å²) in [5, 5.41) is 0. The number of hydrogen-bond acceptors (Lipinski definition) is 1. The van der Waals surface area contributed by atoms with Gasteiger partial charge in [-0.3, -0.25) is 0 Å². The molecule has 1 aliphatic rings. The molecule has 0 radical (unpaired) electrons. The van der Waals surface area contributed by atoms with Crippen LogP contribution in [0.3, 0.4) is 0 Å². The largest absolute Gasteiger partial charge is 0.381 e. The number of hydrogen-bond donors (Lipinski definition) is 0. The molecule has 106 valence electrons. The topological polar surface area (TPSA) is 9.23 Å². The Kier molecular flexibility index (Phi) is 6.43. The highest BCUT2D eigenvalue weighted by Gasteiger charge is 2.14. The predicted molar refractivity (Wildman–Crippen MR) is 81.5 cm³/mol. The second kappa shape index (κ2) is 8.37. The summed E-state index contributed by atoms with van der Waals surface area (Å²) in [5.74, 6) is 1.70. The summed E-state index contributed by atoms with van der Waals surface area (Å²) in [4.78, 5) is 0. The van der Waals surface area contributed by atoms with Gasteiger partial charge in [0, 0.05) is 13.2 Å². The number of rotatable bonds is 7. The lowest BCUT2D eigenvalue weighted by Crippen LogP contribution is -2.15. The van der Waals surface area contributed by atoms with Gasteiger partial charge in [-0.25, -0.2) is 0 Å². The zero-order chi connectivity index (χ0) is 13.3. The molecular weight excluding hydrogens is 232 g/mol. The van der Waals surface area contributed by atoms with Crippen LogP contribution in [0, 0.1) is 5.92 Å². The molecule has 1 atom stereocenters. The minimum atomic E-state index is 0.760. The summed E-state index contributed by atoms with van der Waals surface area (Å²) in [6, 6.07) is 11.0. The quantitative estimate of drug-likeness (QED) is 0.615. The molecule has 1 nitrogen and oxygen atoms in total. The molecule has 2 rings (SSSR count). The SMILES string of the molecule is CCC(CCCCC1CCOCC1)c1ccccc1. The fourth-order valence-electron chi connectivity index (χ4n) is 3.19. The standard InChI is InChI=1S/C18H28O/c1-2-17(18-10-4-3-5-11-18)9-7-6-8-16-12-14-19-15-13-16/h3-5,10-11,16-17H,2,6-9,12-15H2,1H3. The lowest BCUT2D eigenvalue weighted by molar-refractivity contribution is 0.0631. The molecule has 1 fully saturated rings. The molecule has 0 aromatic heterocycles. The zero-order valence-corrected chi connectivity index (χ0v) is 12.3. The fraction of sp³-hybridized carbons (Fsp3) is 0.667. The van der Waals surface area contributed by atoms with Crippen LogP contribution >= 0.6 is 0 Å². The smallest absolute Gasteiger partial charge is 0.0468 e. The Labute approximate surface area is 118 Å². The second-order valence-electron chi connectivity index (χ2n) is 5.86. The molecule has 0 spiro atoms. The van der Waals surface area contributed by atoms with Crippen molar-refractivity contribution in [3.05, 3.63) is 35.9 Å². The van der Waals surface area contributed by atoms with Crippen LogP contribution in [-0.2, 0) is 4.74 Å². The summed E-state index contributed by atoms with van der Waals surface area (Å²) >= 11 is 0. The van der Waals surface area contributed by atoms with Crippen LogP contribution in [-0.4, -0.2) is 13.2 Å². The average Bonchev–Trinajstić information content (AvgIpc) is 2.49. The van der Waals surface area contributed by atoms with Crippen molar-refractivity contribution in [3.8, 4) is 0 Å². The third-order valence-corrected chi connectivity index (χ3v) is 4.52. The van der Waals surface area contributed by atoms with Crippen molar-refractivity contribution in [1.29, 1.82) is 0 Å². The summed E-state index contributed by atoms with van der Waals surface area (Å²) in [6.07, 6.45) is 9.38. The number of benzene rings is 1. The van der Waals surface area contributed by atoms with Crippen molar-refractivity contribution in [2.75, 3.05) is 13.2 Å². The van der Waals surface area contributed by atoms with Crippen molar-refractivity contribution in [2.45, 2.75) is 57.8 Å². The van der Waals surface area contributed by atoms with E-state index in [9.17, 15) is 0 Å². The maximum Gasteiger partial charge on any atom is 0.0468 e. The Hall–Kier alpha value is -0.820. The van der Waals surface area contributed by atoms with E-state index < -0.39 is 0 Å². The van der Waals surface area contributed by atoms with Crippen LogP contribution in [0.1, 0.15) is 63.4 Å². The molecule has 0 saturated carbocycles. The van der Waals surface area contributed by atoms with E-state index in [1.807, 2.05) is 0 Å². The first-order chi connectivity index (χ1) is 9.40. The van der Waals surface area contributed by atoms with Crippen LogP contribution in [0.5, 0.6) is 0 Å². The average molecular weight is 260 g/mol. The van der Waals surface area contributed by atoms with E-state index >= 15 is 0 Å². The summed E-state index contributed by atoms with van der Waals surface area (Å²) in [7, 11) is 0. The molecule has 0 amide bonds. The highest BCUT2D eigenvalue weighted by molar-refractivity contribution is 5.19. The molecule has 1 heterocycles. The van der Waals surface area contributed by atoms with Crippen LogP contribution < -0.4 is 0 Å². The van der Waals surface area contributed by atoms with E-state index in [1.54, 1.807) is 0 Å². The maximum atomic E-state index is 5.42. The highest BCUT2D eigenvalue weighted by Crippen LogP contribution is 2.27. The molecular formula is C18H28O. The van der Waals surface area contributed by atoms with Crippen molar-refractivity contribution < 1.29 is 4.74 Å². The predicted octanol–water partition coefficient (Wildman–Crippen LogP) is 5.17. The van der Waals surface area contributed by atoms with Gasteiger partial charge in [0.05, 0.1) is 0 Å². The fourth-order valence-corrected chi connectivity index (χ4v) is 3.19. The van der Waals surface area contributed by atoms with Gasteiger partial charge >= 0.3 is 0 Å². The number of unbranched alkanes of at least 4 members (excludes halogenated alkanes) is 1. The highest BCUT2D eigenvalue weighted by atomic mass is 16.5. The van der Waals surface area contributed by atoms with Gasteiger partial charge in [0.1, 0.15) is 0 Å². The first-order valence-corrected chi connectivity index (χ1v) is 8.03. The van der Waals surface area contributed by atoms with Gasteiger partial charge in [-0.2, -0.15) is 0 Å². The van der Waals surface area contributed by atoms with Crippen LogP contribution in [0.2, 0.25) is 0 Å². The lowest BCUT2D eigenvalue weighted by atomic mass is 9.89. The van der Waals surface area contributed by atoms with Gasteiger partial charge in [-0.1, -0.05) is 56.5 Å². The number of ether oxygens (including phenoxy) is 1. The Morgan fingerprint density at radius 2 is 1.84 bits per heavy atom. The van der Waals surface area contributed by atoms with E-state index in [1.165, 1.54) is 50.5 Å². The minimum Gasteiger partial charge on any atom is -0.381 e. The molecule has 1 unspecified atom stereocenters. The van der Waals surface area contributed by atoms with Gasteiger partial charge in [0.25, 0.3) is 0 Å². The van der Waals surface area contributed by atoms with Crippen molar-refractivity contribution in [1.82, 2.24) is 0 Å². The van der Waals surface area contributed by atoms with Gasteiger partial charge in [0.15, 0.2) is 0 Å². The van der Waals surface area contributed by atoms with Gasteiger partial charge in [0.2, 0.25) is 0 Å². The maximum absolute atomic E-state index is 5.42. The minimum absolute atomic E-state index is 0.760. The van der Waals surface area contributed by atoms with E-state index in [4.69, 9.17) is 4.74 Å². The molecule has 1 saturated heterocycles. The second-order valence-corrected chi connectivity index (χ2v) is 5.86. The summed E-state index contributed by atoms with van der Waals surface area (Å²) in [5.41, 5.74) is 1.52. The van der Waals surface area contributed by atoms with E-state index in [0.717, 1.165) is 25.0 Å². The molecule has 0 bridgehead atoms. The molecule has 1 heteroatoms. The first-order valence-electron chi connectivity index (χ1n) is 8.03. The normalized spacial score (nSPS) is 18.4. The Bertz CT molecular complexity index is 327. The molecule has 1 aromatic rings. The zero-order valence-electron chi connectivity index (χ0n) is 12.3. The Balaban J connectivity index is 1.66. The van der Waals surface area contributed by atoms with E-state index in [0.29, 0.717) is 0 Å². The molecule has 1 aromatic carbocycles. The van der Waals surface area contributed by atoms with Gasteiger partial charge < -0.3 is 4.74 Å². The van der Waals surface area contributed by atoms with Gasteiger partial charge in [-0.05, 0) is 43.1 Å². The Morgan fingerprint density at radius 1 is 1.11 bits per heavy atom. The van der Waals surface area contributed by atoms with E-state index in [-0.39, 0.29) is 0 Å². The van der Waals surface area contributed by atoms with Crippen molar-refractivity contribution in [2.24, 2.45) is 5.92 Å². The van der Waals surface area contributed by atoms with Crippen LogP contribution in [0.4, 0.5) is 0 Å². The molecule has 0 aliphatic carbocycles. The molecule has 1 aliphatic heterocycles. The lowest BCUT2D eigenvalue weighted by Gasteiger charge is -2.22. The van der Waals surface area contributed by atoms with E-state index in [2.05, 4.69) is 37.3 Å².